The first-order chi connectivity index (χ1) is 5.04. The Bertz CT molecular complexity index is 124. The zero-order valence-electron chi connectivity index (χ0n) is 6.64. The highest BCUT2D eigenvalue weighted by atomic mass is 16.5. The highest BCUT2D eigenvalue weighted by Crippen LogP contribution is 2.19. The van der Waals surface area contributed by atoms with Crippen LogP contribution in [0.3, 0.4) is 0 Å². The summed E-state index contributed by atoms with van der Waals surface area (Å²) in [5.74, 6) is 0. The van der Waals surface area contributed by atoms with Gasteiger partial charge in [-0.15, -0.1) is 0 Å². The largest absolute Gasteiger partial charge is 0.388 e. The van der Waals surface area contributed by atoms with Gasteiger partial charge in [0.25, 0.3) is 0 Å². The van der Waals surface area contributed by atoms with Crippen LogP contribution in [0.5, 0.6) is 0 Å². The van der Waals surface area contributed by atoms with Crippen molar-refractivity contribution in [1.82, 2.24) is 0 Å². The van der Waals surface area contributed by atoms with Crippen molar-refractivity contribution in [2.24, 2.45) is 0 Å². The minimum Gasteiger partial charge on any atom is -0.388 e. The second kappa shape index (κ2) is 3.06. The molecule has 4 nitrogen and oxygen atoms in total. The van der Waals surface area contributed by atoms with Crippen LogP contribution in [-0.2, 0) is 4.74 Å². The maximum Gasteiger partial charge on any atom is 0.111 e. The van der Waals surface area contributed by atoms with Crippen molar-refractivity contribution < 1.29 is 20.1 Å². The first kappa shape index (κ1) is 8.93. The van der Waals surface area contributed by atoms with E-state index in [1.165, 1.54) is 0 Å². The molecule has 0 aromatic rings. The molecule has 11 heavy (non-hydrogen) atoms. The normalized spacial score (nSPS) is 52.6. The van der Waals surface area contributed by atoms with Crippen molar-refractivity contribution in [1.29, 1.82) is 0 Å². The topological polar surface area (TPSA) is 69.9 Å². The van der Waals surface area contributed by atoms with Gasteiger partial charge in [-0.25, -0.2) is 0 Å². The van der Waals surface area contributed by atoms with E-state index in [4.69, 9.17) is 4.74 Å². The van der Waals surface area contributed by atoms with Crippen molar-refractivity contribution in [3.05, 3.63) is 0 Å². The van der Waals surface area contributed by atoms with E-state index in [1.807, 2.05) is 0 Å². The molecule has 1 aliphatic rings. The fourth-order valence-corrected chi connectivity index (χ4v) is 1.26. The van der Waals surface area contributed by atoms with Crippen LogP contribution in [0.4, 0.5) is 0 Å². The van der Waals surface area contributed by atoms with E-state index in [2.05, 4.69) is 0 Å². The molecule has 0 spiro atoms. The van der Waals surface area contributed by atoms with Gasteiger partial charge in [-0.05, 0) is 13.8 Å². The Balaban J connectivity index is 2.63. The Hall–Kier alpha value is -0.160. The summed E-state index contributed by atoms with van der Waals surface area (Å²) in [4.78, 5) is 0. The van der Waals surface area contributed by atoms with Crippen molar-refractivity contribution >= 4 is 0 Å². The Kier molecular flexibility index (Phi) is 2.49. The van der Waals surface area contributed by atoms with Gasteiger partial charge in [-0.3, -0.25) is 0 Å². The van der Waals surface area contributed by atoms with Crippen LogP contribution in [0.1, 0.15) is 13.8 Å². The fourth-order valence-electron chi connectivity index (χ4n) is 1.26. The minimum atomic E-state index is -1.09. The zero-order valence-corrected chi connectivity index (χ0v) is 6.64. The van der Waals surface area contributed by atoms with E-state index in [-0.39, 0.29) is 0 Å². The third kappa shape index (κ3) is 1.54. The lowest BCUT2D eigenvalue weighted by atomic mass is 9.97. The van der Waals surface area contributed by atoms with Gasteiger partial charge >= 0.3 is 0 Å². The van der Waals surface area contributed by atoms with E-state index >= 15 is 0 Å². The average Bonchev–Trinajstić information content (AvgIpc) is 1.97. The monoisotopic (exact) mass is 162 g/mol. The molecule has 1 saturated heterocycles. The summed E-state index contributed by atoms with van der Waals surface area (Å²) in [6.07, 6.45) is -3.89. The summed E-state index contributed by atoms with van der Waals surface area (Å²) in [5, 5.41) is 27.6. The molecule has 1 rings (SSSR count). The third-order valence-electron chi connectivity index (χ3n) is 2.09. The second-order valence-corrected chi connectivity index (χ2v) is 3.02. The lowest BCUT2D eigenvalue weighted by Gasteiger charge is -2.37. The molecule has 3 N–H and O–H groups in total. The molecule has 1 heterocycles. The molecular formula is C7H14O4. The Morgan fingerprint density at radius 1 is 0.818 bits per heavy atom. The lowest BCUT2D eigenvalue weighted by Crippen LogP contribution is -2.55. The van der Waals surface area contributed by atoms with Crippen LogP contribution < -0.4 is 0 Å². The van der Waals surface area contributed by atoms with E-state index in [9.17, 15) is 15.3 Å². The molecule has 4 heteroatoms. The number of aliphatic hydroxyl groups excluding tert-OH is 3. The van der Waals surface area contributed by atoms with Gasteiger partial charge in [0.15, 0.2) is 0 Å². The van der Waals surface area contributed by atoms with Crippen molar-refractivity contribution in [2.75, 3.05) is 0 Å². The summed E-state index contributed by atoms with van der Waals surface area (Å²) in [6, 6.07) is 0. The van der Waals surface area contributed by atoms with E-state index < -0.39 is 30.5 Å². The quantitative estimate of drug-likeness (QED) is 0.422. The SMILES string of the molecule is C[C@@H]1O[C@@H](C)[C@H](O)C(O)[C@H]1O. The Morgan fingerprint density at radius 2 is 1.18 bits per heavy atom. The Morgan fingerprint density at radius 3 is 1.55 bits per heavy atom. The highest BCUT2D eigenvalue weighted by molar-refractivity contribution is 4.88. The van der Waals surface area contributed by atoms with Crippen molar-refractivity contribution in [3.63, 3.8) is 0 Å². The molecule has 1 aliphatic heterocycles. The van der Waals surface area contributed by atoms with Gasteiger partial charge in [0.1, 0.15) is 18.3 Å². The maximum atomic E-state index is 9.21. The molecule has 0 bridgehead atoms. The molecule has 0 aromatic heterocycles. The minimum absolute atomic E-state index is 0.414. The first-order valence-electron chi connectivity index (χ1n) is 3.73. The maximum absolute atomic E-state index is 9.21. The standard InChI is InChI=1S/C7H14O4/c1-3-5(8)7(10)6(9)4(2)11-3/h3-10H,1-2H3/t3-,4-,5-,6-/m0/s1. The number of hydrogen-bond donors (Lipinski definition) is 3. The summed E-state index contributed by atoms with van der Waals surface area (Å²) < 4.78 is 5.12. The molecule has 1 fully saturated rings. The summed E-state index contributed by atoms with van der Waals surface area (Å²) in [7, 11) is 0. The molecule has 0 unspecified atom stereocenters. The molecule has 0 aliphatic carbocycles. The number of hydrogen-bond acceptors (Lipinski definition) is 4. The van der Waals surface area contributed by atoms with Crippen LogP contribution in [0.15, 0.2) is 0 Å². The van der Waals surface area contributed by atoms with Gasteiger partial charge in [-0.1, -0.05) is 0 Å². The van der Waals surface area contributed by atoms with Gasteiger partial charge in [0.2, 0.25) is 0 Å². The van der Waals surface area contributed by atoms with E-state index in [1.54, 1.807) is 13.8 Å². The predicted molar refractivity (Wildman–Crippen MR) is 38.0 cm³/mol. The van der Waals surface area contributed by atoms with Crippen LogP contribution >= 0.6 is 0 Å². The van der Waals surface area contributed by atoms with E-state index in [0.29, 0.717) is 0 Å². The van der Waals surface area contributed by atoms with Crippen molar-refractivity contribution in [2.45, 2.75) is 44.4 Å². The molecule has 0 saturated carbocycles. The molecule has 0 radical (unpaired) electrons. The highest BCUT2D eigenvalue weighted by Gasteiger charge is 2.39. The first-order valence-corrected chi connectivity index (χ1v) is 3.73. The van der Waals surface area contributed by atoms with Gasteiger partial charge in [0, 0.05) is 0 Å². The van der Waals surface area contributed by atoms with E-state index in [0.717, 1.165) is 0 Å². The Labute approximate surface area is 65.4 Å². The molecular weight excluding hydrogens is 148 g/mol. The molecule has 4 atom stereocenters. The lowest BCUT2D eigenvalue weighted by molar-refractivity contribution is -0.211. The summed E-state index contributed by atoms with van der Waals surface area (Å²) in [6.45, 7) is 3.33. The van der Waals surface area contributed by atoms with Crippen LogP contribution in [-0.4, -0.2) is 45.8 Å². The molecule has 66 valence electrons. The summed E-state index contributed by atoms with van der Waals surface area (Å²) in [5.41, 5.74) is 0. The smallest absolute Gasteiger partial charge is 0.111 e. The fraction of sp³-hybridized carbons (Fsp3) is 1.00. The molecule has 0 amide bonds. The van der Waals surface area contributed by atoms with Crippen LogP contribution in [0, 0.1) is 0 Å². The number of ether oxygens (including phenoxy) is 1. The third-order valence-corrected chi connectivity index (χ3v) is 2.09. The second-order valence-electron chi connectivity index (χ2n) is 3.02. The van der Waals surface area contributed by atoms with Gasteiger partial charge in [-0.2, -0.15) is 0 Å². The number of rotatable bonds is 0. The number of aliphatic hydroxyl groups is 3. The zero-order chi connectivity index (χ0) is 8.59. The van der Waals surface area contributed by atoms with Crippen molar-refractivity contribution in [3.8, 4) is 0 Å². The van der Waals surface area contributed by atoms with Crippen LogP contribution in [0.25, 0.3) is 0 Å². The molecule has 0 aromatic carbocycles. The van der Waals surface area contributed by atoms with Gasteiger partial charge < -0.3 is 20.1 Å². The average molecular weight is 162 g/mol. The van der Waals surface area contributed by atoms with Crippen LogP contribution in [0.2, 0.25) is 0 Å². The van der Waals surface area contributed by atoms with Gasteiger partial charge in [0.05, 0.1) is 12.2 Å². The predicted octanol–water partition coefficient (Wildman–Crippen LogP) is -1.12. The summed E-state index contributed by atoms with van der Waals surface area (Å²) >= 11 is 0.